The first kappa shape index (κ1) is 12.7. The third-order valence-electron chi connectivity index (χ3n) is 3.49. The van der Waals surface area contributed by atoms with Crippen LogP contribution in [0.2, 0.25) is 0 Å². The van der Waals surface area contributed by atoms with Crippen LogP contribution in [0, 0.1) is 0 Å². The molecule has 0 amide bonds. The molecule has 0 fully saturated rings. The van der Waals surface area contributed by atoms with Gasteiger partial charge in [-0.25, -0.2) is 4.98 Å². The molecule has 5 heteroatoms. The Labute approximate surface area is 117 Å². The summed E-state index contributed by atoms with van der Waals surface area (Å²) in [6.07, 6.45) is 4.07. The molecule has 0 saturated carbocycles. The van der Waals surface area contributed by atoms with E-state index in [2.05, 4.69) is 27.8 Å². The number of aryl methyl sites for hydroxylation is 1. The first-order chi connectivity index (χ1) is 9.79. The highest BCUT2D eigenvalue weighted by atomic mass is 15.1. The first-order valence-corrected chi connectivity index (χ1v) is 6.76. The molecular weight excluding hydrogens is 250 g/mol. The third kappa shape index (κ3) is 2.28. The van der Waals surface area contributed by atoms with Crippen LogP contribution in [0.5, 0.6) is 0 Å². The fourth-order valence-corrected chi connectivity index (χ4v) is 2.47. The van der Waals surface area contributed by atoms with Crippen LogP contribution in [0.15, 0.2) is 42.7 Å². The van der Waals surface area contributed by atoms with E-state index in [-0.39, 0.29) is 6.04 Å². The molecule has 5 nitrogen and oxygen atoms in total. The lowest BCUT2D eigenvalue weighted by Gasteiger charge is -2.12. The van der Waals surface area contributed by atoms with Crippen LogP contribution in [0.3, 0.4) is 0 Å². The van der Waals surface area contributed by atoms with Crippen molar-refractivity contribution in [3.63, 3.8) is 0 Å². The van der Waals surface area contributed by atoms with Gasteiger partial charge in [0.1, 0.15) is 5.82 Å². The van der Waals surface area contributed by atoms with Gasteiger partial charge in [-0.05, 0) is 30.7 Å². The van der Waals surface area contributed by atoms with Crippen LogP contribution in [-0.4, -0.2) is 19.7 Å². The molecule has 20 heavy (non-hydrogen) atoms. The van der Waals surface area contributed by atoms with E-state index in [0.717, 1.165) is 29.0 Å². The lowest BCUT2D eigenvalue weighted by atomic mass is 10.1. The van der Waals surface area contributed by atoms with Crippen molar-refractivity contribution in [2.24, 2.45) is 5.73 Å². The second-order valence-corrected chi connectivity index (χ2v) is 4.75. The molecule has 0 bridgehead atoms. The Morgan fingerprint density at radius 2 is 2.05 bits per heavy atom. The highest BCUT2D eigenvalue weighted by Gasteiger charge is 2.14. The van der Waals surface area contributed by atoms with Crippen molar-refractivity contribution in [2.45, 2.75) is 25.9 Å². The summed E-state index contributed by atoms with van der Waals surface area (Å²) < 4.78 is 2.21. The number of aromatic nitrogens is 4. The molecule has 0 aliphatic rings. The number of fused-ring (bicyclic) bond motifs is 1. The molecule has 102 valence electrons. The van der Waals surface area contributed by atoms with Crippen LogP contribution >= 0.6 is 0 Å². The molecule has 3 rings (SSSR count). The van der Waals surface area contributed by atoms with E-state index < -0.39 is 0 Å². The van der Waals surface area contributed by atoms with Gasteiger partial charge < -0.3 is 10.3 Å². The molecule has 2 N–H and O–H groups in total. The molecular formula is C15H17N5. The molecule has 1 aromatic carbocycles. The SMILES string of the molecule is CCn1c(CC(N)c2ccnnc2)nc2ccccc21. The Morgan fingerprint density at radius 1 is 1.20 bits per heavy atom. The van der Waals surface area contributed by atoms with Crippen LogP contribution in [0.4, 0.5) is 0 Å². The molecule has 2 aromatic heterocycles. The first-order valence-electron chi connectivity index (χ1n) is 6.76. The number of benzene rings is 1. The Kier molecular flexibility index (Phi) is 3.43. The summed E-state index contributed by atoms with van der Waals surface area (Å²) in [6, 6.07) is 9.95. The predicted octanol–water partition coefficient (Wildman–Crippen LogP) is 2.09. The van der Waals surface area contributed by atoms with Gasteiger partial charge in [-0.2, -0.15) is 10.2 Å². The van der Waals surface area contributed by atoms with E-state index in [1.165, 1.54) is 0 Å². The largest absolute Gasteiger partial charge is 0.328 e. The summed E-state index contributed by atoms with van der Waals surface area (Å²) in [7, 11) is 0. The Bertz CT molecular complexity index is 705. The van der Waals surface area contributed by atoms with Crippen LogP contribution in [0.1, 0.15) is 24.4 Å². The number of nitrogens with two attached hydrogens (primary N) is 1. The van der Waals surface area contributed by atoms with Gasteiger partial charge in [0.2, 0.25) is 0 Å². The van der Waals surface area contributed by atoms with Crippen LogP contribution < -0.4 is 5.73 Å². The average molecular weight is 267 g/mol. The van der Waals surface area contributed by atoms with E-state index >= 15 is 0 Å². The maximum absolute atomic E-state index is 6.25. The second kappa shape index (κ2) is 5.38. The smallest absolute Gasteiger partial charge is 0.111 e. The summed E-state index contributed by atoms with van der Waals surface area (Å²) in [6.45, 7) is 3.01. The maximum atomic E-state index is 6.25. The summed E-state index contributed by atoms with van der Waals surface area (Å²) >= 11 is 0. The van der Waals surface area contributed by atoms with Gasteiger partial charge in [-0.15, -0.1) is 0 Å². The molecule has 0 aliphatic heterocycles. The quantitative estimate of drug-likeness (QED) is 0.785. The topological polar surface area (TPSA) is 69.6 Å². The minimum absolute atomic E-state index is 0.118. The zero-order chi connectivity index (χ0) is 13.9. The monoisotopic (exact) mass is 267 g/mol. The van der Waals surface area contributed by atoms with Crippen LogP contribution in [-0.2, 0) is 13.0 Å². The van der Waals surface area contributed by atoms with E-state index in [1.54, 1.807) is 12.4 Å². The van der Waals surface area contributed by atoms with Crippen molar-refractivity contribution >= 4 is 11.0 Å². The highest BCUT2D eigenvalue weighted by molar-refractivity contribution is 5.75. The average Bonchev–Trinajstić information content (AvgIpc) is 2.85. The van der Waals surface area contributed by atoms with Crippen molar-refractivity contribution in [1.29, 1.82) is 0 Å². The van der Waals surface area contributed by atoms with Gasteiger partial charge in [0.25, 0.3) is 0 Å². The second-order valence-electron chi connectivity index (χ2n) is 4.75. The Morgan fingerprint density at radius 3 is 2.80 bits per heavy atom. The number of imidazole rings is 1. The summed E-state index contributed by atoms with van der Waals surface area (Å²) in [5.41, 5.74) is 9.41. The van der Waals surface area contributed by atoms with E-state index in [4.69, 9.17) is 10.7 Å². The van der Waals surface area contributed by atoms with Gasteiger partial charge in [0, 0.05) is 25.2 Å². The van der Waals surface area contributed by atoms with Gasteiger partial charge in [0.05, 0.1) is 17.2 Å². The lowest BCUT2D eigenvalue weighted by molar-refractivity contribution is 0.634. The van der Waals surface area contributed by atoms with Gasteiger partial charge in [-0.1, -0.05) is 12.1 Å². The molecule has 1 atom stereocenters. The van der Waals surface area contributed by atoms with Gasteiger partial charge in [0.15, 0.2) is 0 Å². The molecule has 0 saturated heterocycles. The summed E-state index contributed by atoms with van der Waals surface area (Å²) in [4.78, 5) is 4.70. The third-order valence-corrected chi connectivity index (χ3v) is 3.49. The number of para-hydroxylation sites is 2. The Hall–Kier alpha value is -2.27. The molecule has 0 aliphatic carbocycles. The fraction of sp³-hybridized carbons (Fsp3) is 0.267. The van der Waals surface area contributed by atoms with Crippen molar-refractivity contribution in [2.75, 3.05) is 0 Å². The summed E-state index contributed by atoms with van der Waals surface area (Å²) in [5.74, 6) is 1.01. The fourth-order valence-electron chi connectivity index (χ4n) is 2.47. The number of nitrogens with zero attached hydrogens (tertiary/aromatic N) is 4. The maximum Gasteiger partial charge on any atom is 0.111 e. The van der Waals surface area contributed by atoms with Crippen molar-refractivity contribution in [3.8, 4) is 0 Å². The van der Waals surface area contributed by atoms with E-state index in [0.29, 0.717) is 6.42 Å². The Balaban J connectivity index is 1.94. The minimum Gasteiger partial charge on any atom is -0.328 e. The number of rotatable bonds is 4. The molecule has 0 spiro atoms. The van der Waals surface area contributed by atoms with Crippen LogP contribution in [0.25, 0.3) is 11.0 Å². The zero-order valence-corrected chi connectivity index (χ0v) is 11.4. The highest BCUT2D eigenvalue weighted by Crippen LogP contribution is 2.20. The summed E-state index contributed by atoms with van der Waals surface area (Å²) in [5, 5.41) is 7.65. The lowest BCUT2D eigenvalue weighted by Crippen LogP contribution is -2.16. The molecule has 1 unspecified atom stereocenters. The molecule has 2 heterocycles. The number of hydrogen-bond donors (Lipinski definition) is 1. The van der Waals surface area contributed by atoms with Crippen molar-refractivity contribution in [1.82, 2.24) is 19.7 Å². The van der Waals surface area contributed by atoms with Crippen molar-refractivity contribution in [3.05, 3.63) is 54.1 Å². The molecule has 3 aromatic rings. The van der Waals surface area contributed by atoms with Gasteiger partial charge in [-0.3, -0.25) is 0 Å². The standard InChI is InChI=1S/C15H17N5/c1-2-20-14-6-4-3-5-13(14)19-15(20)9-12(16)11-7-8-17-18-10-11/h3-8,10,12H,2,9,16H2,1H3. The minimum atomic E-state index is -0.118. The number of hydrogen-bond acceptors (Lipinski definition) is 4. The predicted molar refractivity (Wildman–Crippen MR) is 78.1 cm³/mol. The van der Waals surface area contributed by atoms with E-state index in [9.17, 15) is 0 Å². The van der Waals surface area contributed by atoms with Gasteiger partial charge >= 0.3 is 0 Å². The zero-order valence-electron chi connectivity index (χ0n) is 11.4. The van der Waals surface area contributed by atoms with Crippen molar-refractivity contribution < 1.29 is 0 Å². The van der Waals surface area contributed by atoms with E-state index in [1.807, 2.05) is 24.3 Å². The normalized spacial score (nSPS) is 12.7. The molecule has 0 radical (unpaired) electrons.